The lowest BCUT2D eigenvalue weighted by Crippen LogP contribution is -2.69. The minimum absolute atomic E-state index is 0.0241. The van der Waals surface area contributed by atoms with E-state index in [2.05, 4.69) is 26.2 Å². The number of halogens is 1. The van der Waals surface area contributed by atoms with Gasteiger partial charge in [-0.15, -0.1) is 0 Å². The molecule has 5 nitrogen and oxygen atoms in total. The van der Waals surface area contributed by atoms with Crippen LogP contribution in [0, 0.1) is 5.92 Å². The summed E-state index contributed by atoms with van der Waals surface area (Å²) >= 11 is 3.39. The largest absolute Gasteiger partial charge is 0.343 e. The molecule has 2 unspecified atom stereocenters. The SMILES string of the molecule is CC1NC(=O)C(C)(C2CC2)N(Cc2cncc(Br)c2)C1=O. The Morgan fingerprint density at radius 1 is 1.43 bits per heavy atom. The summed E-state index contributed by atoms with van der Waals surface area (Å²) in [6.07, 6.45) is 5.44. The third-order valence-electron chi connectivity index (χ3n) is 4.48. The topological polar surface area (TPSA) is 62.3 Å². The predicted molar refractivity (Wildman–Crippen MR) is 81.2 cm³/mol. The van der Waals surface area contributed by atoms with Gasteiger partial charge in [0, 0.05) is 23.4 Å². The predicted octanol–water partition coefficient (Wildman–Crippen LogP) is 1.86. The van der Waals surface area contributed by atoms with E-state index in [0.717, 1.165) is 22.9 Å². The van der Waals surface area contributed by atoms with Crippen LogP contribution < -0.4 is 5.32 Å². The summed E-state index contributed by atoms with van der Waals surface area (Å²) < 4.78 is 0.870. The molecule has 2 heterocycles. The smallest absolute Gasteiger partial charge is 0.246 e. The number of amides is 2. The van der Waals surface area contributed by atoms with Crippen molar-refractivity contribution in [2.24, 2.45) is 5.92 Å². The number of aromatic nitrogens is 1. The number of piperazine rings is 1. The van der Waals surface area contributed by atoms with E-state index in [9.17, 15) is 9.59 Å². The average molecular weight is 352 g/mol. The standard InChI is InChI=1S/C15H18BrN3O2/c1-9-13(20)19(8-10-5-12(16)7-17-6-10)15(2,11-3-4-11)14(21)18-9/h5-7,9,11H,3-4,8H2,1-2H3,(H,18,21). The van der Waals surface area contributed by atoms with Crippen LogP contribution in [0.4, 0.5) is 0 Å². The van der Waals surface area contributed by atoms with Gasteiger partial charge in [-0.2, -0.15) is 0 Å². The fourth-order valence-electron chi connectivity index (χ4n) is 3.01. The second-order valence-electron chi connectivity index (χ2n) is 6.05. The van der Waals surface area contributed by atoms with Crippen molar-refractivity contribution in [2.45, 2.75) is 44.8 Å². The highest BCUT2D eigenvalue weighted by atomic mass is 79.9. The number of hydrogen-bond acceptors (Lipinski definition) is 3. The van der Waals surface area contributed by atoms with Gasteiger partial charge in [-0.25, -0.2) is 0 Å². The van der Waals surface area contributed by atoms with E-state index in [-0.39, 0.29) is 17.7 Å². The van der Waals surface area contributed by atoms with Crippen molar-refractivity contribution >= 4 is 27.7 Å². The van der Waals surface area contributed by atoms with Gasteiger partial charge >= 0.3 is 0 Å². The number of pyridine rings is 1. The van der Waals surface area contributed by atoms with Crippen LogP contribution in [-0.4, -0.2) is 33.3 Å². The zero-order valence-electron chi connectivity index (χ0n) is 12.1. The van der Waals surface area contributed by atoms with E-state index in [1.165, 1.54) is 0 Å². The molecule has 2 atom stereocenters. The first kappa shape index (κ1) is 14.5. The maximum atomic E-state index is 12.6. The van der Waals surface area contributed by atoms with Crippen LogP contribution in [0.25, 0.3) is 0 Å². The summed E-state index contributed by atoms with van der Waals surface area (Å²) in [6.45, 7) is 4.03. The summed E-state index contributed by atoms with van der Waals surface area (Å²) in [5.74, 6) is 0.193. The van der Waals surface area contributed by atoms with Gasteiger partial charge in [0.25, 0.3) is 0 Å². The maximum absolute atomic E-state index is 12.6. The van der Waals surface area contributed by atoms with Crippen LogP contribution >= 0.6 is 15.9 Å². The molecular formula is C15H18BrN3O2. The first-order chi connectivity index (χ1) is 9.92. The average Bonchev–Trinajstić information content (AvgIpc) is 3.26. The summed E-state index contributed by atoms with van der Waals surface area (Å²) in [5.41, 5.74) is 0.179. The molecule has 1 aliphatic heterocycles. The molecular weight excluding hydrogens is 334 g/mol. The second-order valence-corrected chi connectivity index (χ2v) is 6.97. The van der Waals surface area contributed by atoms with Crippen molar-refractivity contribution < 1.29 is 9.59 Å². The number of rotatable bonds is 3. The number of hydrogen-bond donors (Lipinski definition) is 1. The molecule has 1 N–H and O–H groups in total. The molecule has 1 aliphatic carbocycles. The third kappa shape index (κ3) is 2.46. The molecule has 0 aromatic carbocycles. The van der Waals surface area contributed by atoms with Gasteiger partial charge in [0.05, 0.1) is 0 Å². The second kappa shape index (κ2) is 5.09. The Morgan fingerprint density at radius 3 is 2.76 bits per heavy atom. The van der Waals surface area contributed by atoms with E-state index in [1.54, 1.807) is 24.2 Å². The normalized spacial score (nSPS) is 29.5. The summed E-state index contributed by atoms with van der Waals surface area (Å²) in [7, 11) is 0. The highest BCUT2D eigenvalue weighted by Crippen LogP contribution is 2.45. The van der Waals surface area contributed by atoms with Crippen molar-refractivity contribution in [3.63, 3.8) is 0 Å². The molecule has 0 radical (unpaired) electrons. The molecule has 0 spiro atoms. The van der Waals surface area contributed by atoms with E-state index < -0.39 is 11.6 Å². The minimum atomic E-state index is -0.744. The molecule has 21 heavy (non-hydrogen) atoms. The Morgan fingerprint density at radius 2 is 2.14 bits per heavy atom. The quantitative estimate of drug-likeness (QED) is 0.903. The lowest BCUT2D eigenvalue weighted by Gasteiger charge is -2.46. The van der Waals surface area contributed by atoms with Crippen LogP contribution in [0.3, 0.4) is 0 Å². The minimum Gasteiger partial charge on any atom is -0.343 e. The first-order valence-corrected chi connectivity index (χ1v) is 7.94. The third-order valence-corrected chi connectivity index (χ3v) is 4.91. The Bertz CT molecular complexity index is 602. The van der Waals surface area contributed by atoms with E-state index in [0.29, 0.717) is 6.54 Å². The fraction of sp³-hybridized carbons (Fsp3) is 0.533. The molecule has 2 aliphatic rings. The molecule has 0 bridgehead atoms. The molecule has 1 saturated carbocycles. The zero-order valence-corrected chi connectivity index (χ0v) is 13.7. The Balaban J connectivity index is 1.94. The molecule has 1 aromatic heterocycles. The van der Waals surface area contributed by atoms with Crippen molar-refractivity contribution in [1.82, 2.24) is 15.2 Å². The first-order valence-electron chi connectivity index (χ1n) is 7.15. The van der Waals surface area contributed by atoms with Crippen molar-refractivity contribution in [2.75, 3.05) is 0 Å². The summed E-state index contributed by atoms with van der Waals surface area (Å²) in [5, 5.41) is 2.81. The monoisotopic (exact) mass is 351 g/mol. The molecule has 1 saturated heterocycles. The molecule has 3 rings (SSSR count). The van der Waals surface area contributed by atoms with Gasteiger partial charge in [-0.1, -0.05) is 0 Å². The Hall–Kier alpha value is -1.43. The molecule has 2 fully saturated rings. The molecule has 2 amide bonds. The van der Waals surface area contributed by atoms with Gasteiger partial charge in [-0.05, 0) is 60.2 Å². The van der Waals surface area contributed by atoms with Gasteiger partial charge in [0.15, 0.2) is 0 Å². The zero-order chi connectivity index (χ0) is 15.2. The number of nitrogens with one attached hydrogen (secondary N) is 1. The number of carbonyl (C=O) groups is 2. The van der Waals surface area contributed by atoms with Gasteiger partial charge in [0.1, 0.15) is 11.6 Å². The van der Waals surface area contributed by atoms with Crippen LogP contribution in [0.5, 0.6) is 0 Å². The molecule has 1 aromatic rings. The van der Waals surface area contributed by atoms with Crippen LogP contribution in [0.2, 0.25) is 0 Å². The van der Waals surface area contributed by atoms with E-state index >= 15 is 0 Å². The Kier molecular flexibility index (Phi) is 3.51. The van der Waals surface area contributed by atoms with E-state index in [1.807, 2.05) is 13.0 Å². The molecule has 112 valence electrons. The van der Waals surface area contributed by atoms with Crippen LogP contribution in [0.1, 0.15) is 32.3 Å². The lowest BCUT2D eigenvalue weighted by molar-refractivity contribution is -0.158. The summed E-state index contributed by atoms with van der Waals surface area (Å²) in [4.78, 5) is 30.9. The molecule has 6 heteroatoms. The highest BCUT2D eigenvalue weighted by molar-refractivity contribution is 9.10. The number of nitrogens with zero attached hydrogens (tertiary/aromatic N) is 2. The van der Waals surface area contributed by atoms with Crippen LogP contribution in [-0.2, 0) is 16.1 Å². The van der Waals surface area contributed by atoms with Gasteiger partial charge in [0.2, 0.25) is 11.8 Å². The lowest BCUT2D eigenvalue weighted by atomic mass is 9.88. The van der Waals surface area contributed by atoms with Crippen molar-refractivity contribution in [1.29, 1.82) is 0 Å². The highest BCUT2D eigenvalue weighted by Gasteiger charge is 2.56. The van der Waals surface area contributed by atoms with Gasteiger partial charge < -0.3 is 10.2 Å². The Labute approximate surface area is 132 Å². The van der Waals surface area contributed by atoms with Crippen molar-refractivity contribution in [3.05, 3.63) is 28.5 Å². The van der Waals surface area contributed by atoms with Crippen LogP contribution in [0.15, 0.2) is 22.9 Å². The van der Waals surface area contributed by atoms with Gasteiger partial charge in [-0.3, -0.25) is 14.6 Å². The summed E-state index contributed by atoms with van der Waals surface area (Å²) in [6, 6.07) is 1.47. The fourth-order valence-corrected chi connectivity index (χ4v) is 3.42. The van der Waals surface area contributed by atoms with E-state index in [4.69, 9.17) is 0 Å². The van der Waals surface area contributed by atoms with Crippen molar-refractivity contribution in [3.8, 4) is 0 Å². The maximum Gasteiger partial charge on any atom is 0.246 e. The number of carbonyl (C=O) groups excluding carboxylic acids is 2.